The van der Waals surface area contributed by atoms with E-state index in [-0.39, 0.29) is 5.78 Å². The lowest BCUT2D eigenvalue weighted by Crippen LogP contribution is -1.97. The van der Waals surface area contributed by atoms with Crippen molar-refractivity contribution in [3.63, 3.8) is 0 Å². The Bertz CT molecular complexity index is 388. The second-order valence-electron chi connectivity index (χ2n) is 3.51. The van der Waals surface area contributed by atoms with E-state index in [2.05, 4.69) is 0 Å². The van der Waals surface area contributed by atoms with Crippen LogP contribution in [0.25, 0.3) is 0 Å². The lowest BCUT2D eigenvalue weighted by Gasteiger charge is -2.14. The lowest BCUT2D eigenvalue weighted by molar-refractivity contribution is 0.101. The van der Waals surface area contributed by atoms with Gasteiger partial charge in [0.15, 0.2) is 5.78 Å². The van der Waals surface area contributed by atoms with Crippen molar-refractivity contribution in [1.29, 1.82) is 0 Å². The number of rotatable bonds is 3. The van der Waals surface area contributed by atoms with E-state index in [1.807, 2.05) is 20.3 Å². The van der Waals surface area contributed by atoms with Crippen LogP contribution in [-0.2, 0) is 0 Å². The fraction of sp³-hybridized carbons (Fsp3) is 0.364. The predicted octanol–water partition coefficient (Wildman–Crippen LogP) is 3.89. The van der Waals surface area contributed by atoms with E-state index in [1.165, 1.54) is 6.92 Å². The molecule has 1 aromatic carbocycles. The zero-order valence-electron chi connectivity index (χ0n) is 9.30. The van der Waals surface area contributed by atoms with Gasteiger partial charge in [-0.2, -0.15) is 0 Å². The number of halogens is 1. The van der Waals surface area contributed by atoms with Crippen LogP contribution in [0.4, 0.5) is 0 Å². The van der Waals surface area contributed by atoms with Crippen LogP contribution in [-0.4, -0.2) is 19.1 Å². The van der Waals surface area contributed by atoms with Gasteiger partial charge in [0.2, 0.25) is 0 Å². The first-order valence-corrected chi connectivity index (χ1v) is 7.12. The van der Waals surface area contributed by atoms with Crippen molar-refractivity contribution < 1.29 is 9.32 Å². The van der Waals surface area contributed by atoms with Gasteiger partial charge in [-0.1, -0.05) is 11.6 Å². The van der Waals surface area contributed by atoms with Crippen molar-refractivity contribution in [2.75, 3.05) is 13.3 Å². The van der Waals surface area contributed by atoms with Crippen molar-refractivity contribution >= 4 is 25.5 Å². The average molecular weight is 245 g/mol. The van der Waals surface area contributed by atoms with Crippen LogP contribution in [0, 0.1) is 6.92 Å². The Morgan fingerprint density at radius 2 is 2.00 bits per heavy atom. The van der Waals surface area contributed by atoms with E-state index < -0.39 is 8.15 Å². The molecule has 0 amide bonds. The standard InChI is InChI=1S/C11H14ClO2P/c1-7-10(14-15(3)4)6-5-9(8(2)13)11(7)12/h5-6H,1-4H3. The number of carbonyl (C=O) groups is 1. The monoisotopic (exact) mass is 244 g/mol. The molecule has 0 saturated carbocycles. The van der Waals surface area contributed by atoms with Gasteiger partial charge in [0.25, 0.3) is 0 Å². The Balaban J connectivity index is 3.15. The first kappa shape index (κ1) is 12.5. The first-order chi connectivity index (χ1) is 6.93. The lowest BCUT2D eigenvalue weighted by atomic mass is 10.1. The van der Waals surface area contributed by atoms with Gasteiger partial charge < -0.3 is 4.52 Å². The largest absolute Gasteiger partial charge is 0.474 e. The molecule has 0 N–H and O–H groups in total. The third kappa shape index (κ3) is 2.93. The first-order valence-electron chi connectivity index (χ1n) is 4.58. The second kappa shape index (κ2) is 4.96. The third-order valence-electron chi connectivity index (χ3n) is 2.00. The molecule has 0 fully saturated rings. The van der Waals surface area contributed by atoms with Gasteiger partial charge in [0, 0.05) is 11.1 Å². The minimum atomic E-state index is -0.474. The van der Waals surface area contributed by atoms with E-state index in [9.17, 15) is 4.79 Å². The molecular weight excluding hydrogens is 231 g/mol. The summed E-state index contributed by atoms with van der Waals surface area (Å²) in [5.74, 6) is 0.742. The van der Waals surface area contributed by atoms with Gasteiger partial charge in [-0.05, 0) is 39.3 Å². The molecule has 15 heavy (non-hydrogen) atoms. The number of hydrogen-bond acceptors (Lipinski definition) is 2. The fourth-order valence-corrected chi connectivity index (χ4v) is 2.12. The highest BCUT2D eigenvalue weighted by Gasteiger charge is 2.12. The molecule has 0 saturated heterocycles. The Labute approximate surface area is 96.4 Å². The van der Waals surface area contributed by atoms with Gasteiger partial charge in [-0.15, -0.1) is 0 Å². The van der Waals surface area contributed by atoms with Crippen LogP contribution in [0.1, 0.15) is 22.8 Å². The zero-order valence-corrected chi connectivity index (χ0v) is 10.9. The van der Waals surface area contributed by atoms with E-state index >= 15 is 0 Å². The Hall–Kier alpha value is -0.590. The molecule has 0 heterocycles. The molecule has 0 unspecified atom stereocenters. The van der Waals surface area contributed by atoms with Crippen molar-refractivity contribution in [3.8, 4) is 5.75 Å². The third-order valence-corrected chi connectivity index (χ3v) is 3.05. The molecule has 0 aliphatic heterocycles. The van der Waals surface area contributed by atoms with E-state index in [0.717, 1.165) is 11.3 Å². The van der Waals surface area contributed by atoms with Crippen molar-refractivity contribution in [2.24, 2.45) is 0 Å². The number of ketones is 1. The van der Waals surface area contributed by atoms with E-state index in [0.29, 0.717) is 10.6 Å². The number of Topliss-reactive ketones (excluding diaryl/α,β-unsaturated/α-hetero) is 1. The predicted molar refractivity (Wildman–Crippen MR) is 65.6 cm³/mol. The summed E-state index contributed by atoms with van der Waals surface area (Å²) in [7, 11) is -0.474. The molecule has 1 aromatic rings. The summed E-state index contributed by atoms with van der Waals surface area (Å²) < 4.78 is 5.63. The summed E-state index contributed by atoms with van der Waals surface area (Å²) >= 11 is 6.08. The number of carbonyl (C=O) groups excluding carboxylic acids is 1. The summed E-state index contributed by atoms with van der Waals surface area (Å²) in [6.07, 6.45) is 0. The highest BCUT2D eigenvalue weighted by atomic mass is 35.5. The summed E-state index contributed by atoms with van der Waals surface area (Å²) in [6.45, 7) is 7.40. The SMILES string of the molecule is CC(=O)c1ccc(OP(C)C)c(C)c1Cl. The molecule has 2 nitrogen and oxygen atoms in total. The highest BCUT2D eigenvalue weighted by molar-refractivity contribution is 7.51. The maximum absolute atomic E-state index is 11.2. The Morgan fingerprint density at radius 3 is 2.47 bits per heavy atom. The summed E-state index contributed by atoms with van der Waals surface area (Å²) in [4.78, 5) is 11.2. The molecule has 0 bridgehead atoms. The van der Waals surface area contributed by atoms with Crippen LogP contribution in [0.5, 0.6) is 5.75 Å². The summed E-state index contributed by atoms with van der Waals surface area (Å²) in [5.41, 5.74) is 1.39. The molecule has 0 atom stereocenters. The highest BCUT2D eigenvalue weighted by Crippen LogP contribution is 2.36. The van der Waals surface area contributed by atoms with Crippen LogP contribution in [0.2, 0.25) is 5.02 Å². The molecule has 0 radical (unpaired) electrons. The van der Waals surface area contributed by atoms with Crippen LogP contribution >= 0.6 is 19.7 Å². The smallest absolute Gasteiger partial charge is 0.161 e. The second-order valence-corrected chi connectivity index (χ2v) is 5.70. The summed E-state index contributed by atoms with van der Waals surface area (Å²) in [6, 6.07) is 3.52. The van der Waals surface area contributed by atoms with Crippen molar-refractivity contribution in [2.45, 2.75) is 13.8 Å². The van der Waals surface area contributed by atoms with Gasteiger partial charge in [-0.25, -0.2) is 0 Å². The number of hydrogen-bond donors (Lipinski definition) is 0. The molecule has 0 aromatic heterocycles. The molecule has 1 rings (SSSR count). The van der Waals surface area contributed by atoms with Crippen molar-refractivity contribution in [1.82, 2.24) is 0 Å². The maximum atomic E-state index is 11.2. The van der Waals surface area contributed by atoms with E-state index in [4.69, 9.17) is 16.1 Å². The quantitative estimate of drug-likeness (QED) is 0.596. The van der Waals surface area contributed by atoms with Gasteiger partial charge >= 0.3 is 0 Å². The molecule has 4 heteroatoms. The van der Waals surface area contributed by atoms with Gasteiger partial charge in [0.05, 0.1) is 13.2 Å². The molecule has 0 aliphatic carbocycles. The zero-order chi connectivity index (χ0) is 11.6. The van der Waals surface area contributed by atoms with Crippen LogP contribution in [0.15, 0.2) is 12.1 Å². The van der Waals surface area contributed by atoms with E-state index in [1.54, 1.807) is 12.1 Å². The fourth-order valence-electron chi connectivity index (χ4n) is 1.23. The number of benzene rings is 1. The van der Waals surface area contributed by atoms with Crippen molar-refractivity contribution in [3.05, 3.63) is 28.3 Å². The normalized spacial score (nSPS) is 10.5. The Morgan fingerprint density at radius 1 is 1.40 bits per heavy atom. The van der Waals surface area contributed by atoms with Gasteiger partial charge in [0.1, 0.15) is 5.75 Å². The van der Waals surface area contributed by atoms with Gasteiger partial charge in [-0.3, -0.25) is 4.79 Å². The minimum Gasteiger partial charge on any atom is -0.474 e. The van der Waals surface area contributed by atoms with Crippen LogP contribution < -0.4 is 4.52 Å². The minimum absolute atomic E-state index is 0.0232. The molecule has 0 aliphatic rings. The topological polar surface area (TPSA) is 26.3 Å². The molecular formula is C11H14ClO2P. The molecule has 82 valence electrons. The maximum Gasteiger partial charge on any atom is 0.161 e. The van der Waals surface area contributed by atoms with Crippen LogP contribution in [0.3, 0.4) is 0 Å². The Kier molecular flexibility index (Phi) is 4.12. The summed E-state index contributed by atoms with van der Waals surface area (Å²) in [5, 5.41) is 0.497. The molecule has 0 spiro atoms. The average Bonchev–Trinajstić information content (AvgIpc) is 2.12.